The van der Waals surface area contributed by atoms with E-state index < -0.39 is 0 Å². The molecule has 1 nitrogen and oxygen atoms in total. The van der Waals surface area contributed by atoms with Gasteiger partial charge in [0.25, 0.3) is 0 Å². The minimum absolute atomic E-state index is 0.394. The van der Waals surface area contributed by atoms with Crippen LogP contribution in [0.25, 0.3) is 0 Å². The second kappa shape index (κ2) is 10.0. The molecule has 0 atom stereocenters. The van der Waals surface area contributed by atoms with Crippen molar-refractivity contribution in [2.75, 3.05) is 0 Å². The number of aryl methyl sites for hydroxylation is 1. The van der Waals surface area contributed by atoms with E-state index in [9.17, 15) is 4.79 Å². The second-order valence-electron chi connectivity index (χ2n) is 5.18. The minimum atomic E-state index is 0.394. The number of Topliss-reactive ketones (excluding diaryl/α,β-unsaturated/α-hetero) is 1. The summed E-state index contributed by atoms with van der Waals surface area (Å²) in [6.45, 7) is 2.22. The quantitative estimate of drug-likeness (QED) is 0.510. The number of halogens is 1. The average molecular weight is 281 g/mol. The molecule has 2 heteroatoms. The maximum absolute atomic E-state index is 11.7. The van der Waals surface area contributed by atoms with Crippen molar-refractivity contribution in [2.24, 2.45) is 0 Å². The Hall–Kier alpha value is -0.820. The average Bonchev–Trinajstić information content (AvgIpc) is 2.42. The van der Waals surface area contributed by atoms with Gasteiger partial charge in [-0.2, -0.15) is 0 Å². The van der Waals surface area contributed by atoms with Crippen LogP contribution in [0.15, 0.2) is 24.3 Å². The topological polar surface area (TPSA) is 17.1 Å². The predicted molar refractivity (Wildman–Crippen MR) is 82.8 cm³/mol. The fraction of sp³-hybridized carbons (Fsp3) is 0.588. The van der Waals surface area contributed by atoms with Gasteiger partial charge in [0.2, 0.25) is 0 Å². The van der Waals surface area contributed by atoms with Crippen LogP contribution in [0.2, 0.25) is 5.02 Å². The van der Waals surface area contributed by atoms with Crippen LogP contribution in [-0.2, 0) is 11.2 Å². The Morgan fingerprint density at radius 1 is 0.947 bits per heavy atom. The summed E-state index contributed by atoms with van der Waals surface area (Å²) >= 11 is 5.83. The number of carbonyl (C=O) groups is 1. The van der Waals surface area contributed by atoms with E-state index in [1.807, 2.05) is 24.3 Å². The zero-order chi connectivity index (χ0) is 13.9. The Balaban J connectivity index is 2.06. The molecule has 19 heavy (non-hydrogen) atoms. The van der Waals surface area contributed by atoms with Gasteiger partial charge in [0.15, 0.2) is 0 Å². The number of benzene rings is 1. The molecule has 0 aliphatic carbocycles. The summed E-state index contributed by atoms with van der Waals surface area (Å²) in [4.78, 5) is 11.7. The fourth-order valence-electron chi connectivity index (χ4n) is 2.16. The van der Waals surface area contributed by atoms with Crippen molar-refractivity contribution in [3.63, 3.8) is 0 Å². The summed E-state index contributed by atoms with van der Waals surface area (Å²) in [5, 5.41) is 0.752. The van der Waals surface area contributed by atoms with Crippen LogP contribution in [0.1, 0.15) is 63.9 Å². The lowest BCUT2D eigenvalue weighted by molar-refractivity contribution is -0.119. The van der Waals surface area contributed by atoms with E-state index in [1.165, 1.54) is 37.7 Å². The maximum Gasteiger partial charge on any atom is 0.133 e. The van der Waals surface area contributed by atoms with Crippen LogP contribution in [0, 0.1) is 0 Å². The zero-order valence-electron chi connectivity index (χ0n) is 12.0. The maximum atomic E-state index is 11.7. The Morgan fingerprint density at radius 2 is 1.58 bits per heavy atom. The SMILES string of the molecule is CCCCCCCCC(=O)CCc1ccc(Cl)cc1. The molecule has 0 aliphatic heterocycles. The van der Waals surface area contributed by atoms with E-state index in [0.717, 1.165) is 24.3 Å². The van der Waals surface area contributed by atoms with Gasteiger partial charge in [0.05, 0.1) is 0 Å². The third kappa shape index (κ3) is 8.05. The van der Waals surface area contributed by atoms with E-state index in [2.05, 4.69) is 6.92 Å². The van der Waals surface area contributed by atoms with Crippen molar-refractivity contribution in [3.05, 3.63) is 34.9 Å². The van der Waals surface area contributed by atoms with Gasteiger partial charge in [0.1, 0.15) is 5.78 Å². The summed E-state index contributed by atoms with van der Waals surface area (Å²) in [5.41, 5.74) is 1.20. The molecule has 0 saturated heterocycles. The highest BCUT2D eigenvalue weighted by Crippen LogP contribution is 2.12. The molecule has 0 fully saturated rings. The van der Waals surface area contributed by atoms with Gasteiger partial charge < -0.3 is 0 Å². The molecular weight excluding hydrogens is 256 g/mol. The van der Waals surface area contributed by atoms with Gasteiger partial charge in [-0.25, -0.2) is 0 Å². The largest absolute Gasteiger partial charge is 0.300 e. The van der Waals surface area contributed by atoms with Gasteiger partial charge in [-0.05, 0) is 30.5 Å². The van der Waals surface area contributed by atoms with E-state index in [1.54, 1.807) is 0 Å². The monoisotopic (exact) mass is 280 g/mol. The van der Waals surface area contributed by atoms with Gasteiger partial charge in [-0.15, -0.1) is 0 Å². The number of hydrogen-bond acceptors (Lipinski definition) is 1. The van der Waals surface area contributed by atoms with Crippen LogP contribution >= 0.6 is 11.6 Å². The van der Waals surface area contributed by atoms with Crippen molar-refractivity contribution in [2.45, 2.75) is 64.7 Å². The van der Waals surface area contributed by atoms with Crippen molar-refractivity contribution in [1.82, 2.24) is 0 Å². The molecule has 0 saturated carbocycles. The molecule has 0 radical (unpaired) electrons. The van der Waals surface area contributed by atoms with Crippen LogP contribution in [0.5, 0.6) is 0 Å². The van der Waals surface area contributed by atoms with Gasteiger partial charge in [-0.3, -0.25) is 4.79 Å². The molecule has 0 amide bonds. The fourth-order valence-corrected chi connectivity index (χ4v) is 2.29. The lowest BCUT2D eigenvalue weighted by Gasteiger charge is -2.02. The summed E-state index contributed by atoms with van der Waals surface area (Å²) in [7, 11) is 0. The molecule has 1 aromatic rings. The van der Waals surface area contributed by atoms with Crippen LogP contribution in [0.3, 0.4) is 0 Å². The number of rotatable bonds is 10. The lowest BCUT2D eigenvalue weighted by Crippen LogP contribution is -2.00. The van der Waals surface area contributed by atoms with Crippen LogP contribution in [-0.4, -0.2) is 5.78 Å². The van der Waals surface area contributed by atoms with E-state index in [-0.39, 0.29) is 0 Å². The zero-order valence-corrected chi connectivity index (χ0v) is 12.7. The molecule has 106 valence electrons. The lowest BCUT2D eigenvalue weighted by atomic mass is 10.0. The third-order valence-corrected chi connectivity index (χ3v) is 3.67. The molecule has 0 bridgehead atoms. The summed E-state index contributed by atoms with van der Waals surface area (Å²) in [6.07, 6.45) is 9.70. The summed E-state index contributed by atoms with van der Waals surface area (Å²) < 4.78 is 0. The van der Waals surface area contributed by atoms with Gasteiger partial charge in [0, 0.05) is 17.9 Å². The molecule has 0 spiro atoms. The first kappa shape index (κ1) is 16.2. The summed E-state index contributed by atoms with van der Waals surface area (Å²) in [6, 6.07) is 7.77. The highest BCUT2D eigenvalue weighted by Gasteiger charge is 2.03. The number of ketones is 1. The van der Waals surface area contributed by atoms with Gasteiger partial charge in [-0.1, -0.05) is 62.8 Å². The van der Waals surface area contributed by atoms with Crippen molar-refractivity contribution in [3.8, 4) is 0 Å². The Bertz CT molecular complexity index is 356. The third-order valence-electron chi connectivity index (χ3n) is 3.41. The molecule has 0 N–H and O–H groups in total. The van der Waals surface area contributed by atoms with Gasteiger partial charge >= 0.3 is 0 Å². The number of hydrogen-bond donors (Lipinski definition) is 0. The first-order valence-corrected chi connectivity index (χ1v) is 7.86. The molecule has 0 aromatic heterocycles. The van der Waals surface area contributed by atoms with Crippen LogP contribution < -0.4 is 0 Å². The highest BCUT2D eigenvalue weighted by molar-refractivity contribution is 6.30. The van der Waals surface area contributed by atoms with E-state index in [0.29, 0.717) is 12.2 Å². The standard InChI is InChI=1S/C17H25ClO/c1-2-3-4-5-6-7-8-17(19)14-11-15-9-12-16(18)13-10-15/h9-10,12-13H,2-8,11,14H2,1H3. The number of carbonyl (C=O) groups excluding carboxylic acids is 1. The molecule has 0 unspecified atom stereocenters. The molecule has 0 aliphatic rings. The van der Waals surface area contributed by atoms with Crippen molar-refractivity contribution < 1.29 is 4.79 Å². The Morgan fingerprint density at radius 3 is 2.26 bits per heavy atom. The molecule has 1 rings (SSSR count). The number of unbranched alkanes of at least 4 members (excludes halogenated alkanes) is 5. The smallest absolute Gasteiger partial charge is 0.133 e. The Kier molecular flexibility index (Phi) is 8.57. The molecule has 0 heterocycles. The summed E-state index contributed by atoms with van der Waals surface area (Å²) in [5.74, 6) is 0.394. The second-order valence-corrected chi connectivity index (χ2v) is 5.62. The first-order valence-electron chi connectivity index (χ1n) is 7.48. The van der Waals surface area contributed by atoms with Crippen molar-refractivity contribution >= 4 is 17.4 Å². The van der Waals surface area contributed by atoms with Crippen molar-refractivity contribution in [1.29, 1.82) is 0 Å². The minimum Gasteiger partial charge on any atom is -0.300 e. The Labute approximate surface area is 122 Å². The van der Waals surface area contributed by atoms with Crippen LogP contribution in [0.4, 0.5) is 0 Å². The predicted octanol–water partition coefficient (Wildman–Crippen LogP) is 5.59. The normalized spacial score (nSPS) is 10.6. The van der Waals surface area contributed by atoms with E-state index >= 15 is 0 Å². The first-order chi connectivity index (χ1) is 9.22. The molecule has 1 aromatic carbocycles. The molecular formula is C17H25ClO. The highest BCUT2D eigenvalue weighted by atomic mass is 35.5. The van der Waals surface area contributed by atoms with E-state index in [4.69, 9.17) is 11.6 Å².